The lowest BCUT2D eigenvalue weighted by atomic mass is 10.0. The Morgan fingerprint density at radius 1 is 1.07 bits per heavy atom. The van der Waals surface area contributed by atoms with E-state index >= 15 is 0 Å². The summed E-state index contributed by atoms with van der Waals surface area (Å²) < 4.78 is 43.9. The highest BCUT2D eigenvalue weighted by atomic mass is 32.2. The monoisotopic (exact) mass is 402 g/mol. The van der Waals surface area contributed by atoms with Gasteiger partial charge in [-0.1, -0.05) is 44.2 Å². The van der Waals surface area contributed by atoms with Crippen LogP contribution in [0, 0.1) is 11.7 Å². The zero-order valence-electron chi connectivity index (χ0n) is 16.7. The molecular weight excluding hydrogens is 375 g/mol. The van der Waals surface area contributed by atoms with Gasteiger partial charge in [0.05, 0.1) is 5.25 Å². The number of fused-ring (bicyclic) bond motifs is 1. The number of benzene rings is 2. The number of sulfonamides is 1. The van der Waals surface area contributed by atoms with Gasteiger partial charge >= 0.3 is 0 Å². The molecule has 0 aliphatic rings. The molecule has 0 atom stereocenters. The van der Waals surface area contributed by atoms with E-state index in [1.54, 1.807) is 13.8 Å². The minimum atomic E-state index is -3.39. The van der Waals surface area contributed by atoms with Crippen LogP contribution in [0.1, 0.15) is 33.3 Å². The molecule has 150 valence electrons. The van der Waals surface area contributed by atoms with Gasteiger partial charge in [-0.25, -0.2) is 17.5 Å². The number of halogens is 1. The number of nitrogens with zero attached hydrogens (tertiary/aromatic N) is 1. The number of nitrogens with one attached hydrogen (secondary N) is 1. The topological polar surface area (TPSA) is 51.1 Å². The molecular formula is C22H27FN2O2S. The van der Waals surface area contributed by atoms with Crippen molar-refractivity contribution in [2.45, 2.75) is 46.0 Å². The molecule has 28 heavy (non-hydrogen) atoms. The third-order valence-electron chi connectivity index (χ3n) is 4.78. The Morgan fingerprint density at radius 3 is 2.36 bits per heavy atom. The number of hydrogen-bond acceptors (Lipinski definition) is 2. The molecule has 3 rings (SSSR count). The Kier molecular flexibility index (Phi) is 5.91. The van der Waals surface area contributed by atoms with E-state index in [4.69, 9.17) is 0 Å². The van der Waals surface area contributed by atoms with Gasteiger partial charge in [-0.15, -0.1) is 0 Å². The van der Waals surface area contributed by atoms with Gasteiger partial charge in [-0.3, -0.25) is 0 Å². The van der Waals surface area contributed by atoms with Crippen molar-refractivity contribution in [3.63, 3.8) is 0 Å². The lowest BCUT2D eigenvalue weighted by molar-refractivity contribution is 0.534. The van der Waals surface area contributed by atoms with Gasteiger partial charge in [0, 0.05) is 35.8 Å². The van der Waals surface area contributed by atoms with Crippen LogP contribution in [0.25, 0.3) is 22.0 Å². The van der Waals surface area contributed by atoms with Crippen molar-refractivity contribution in [1.29, 1.82) is 0 Å². The second kappa shape index (κ2) is 8.05. The third-order valence-corrected chi connectivity index (χ3v) is 6.57. The van der Waals surface area contributed by atoms with Crippen LogP contribution in [0.4, 0.5) is 4.39 Å². The molecule has 0 bridgehead atoms. The minimum absolute atomic E-state index is 0.145. The first-order chi connectivity index (χ1) is 13.2. The van der Waals surface area contributed by atoms with Gasteiger partial charge < -0.3 is 4.57 Å². The van der Waals surface area contributed by atoms with Gasteiger partial charge in [0.2, 0.25) is 10.0 Å². The molecule has 4 nitrogen and oxygen atoms in total. The normalized spacial score (nSPS) is 12.4. The van der Waals surface area contributed by atoms with Crippen LogP contribution in [0.2, 0.25) is 0 Å². The second-order valence-corrected chi connectivity index (χ2v) is 10.2. The van der Waals surface area contributed by atoms with Crippen molar-refractivity contribution in [1.82, 2.24) is 9.29 Å². The van der Waals surface area contributed by atoms with Crippen LogP contribution < -0.4 is 4.72 Å². The molecule has 1 N–H and O–H groups in total. The average molecular weight is 403 g/mol. The highest BCUT2D eigenvalue weighted by Crippen LogP contribution is 2.31. The van der Waals surface area contributed by atoms with Crippen molar-refractivity contribution in [3.05, 3.63) is 60.0 Å². The Hall–Kier alpha value is -2.18. The fourth-order valence-electron chi connectivity index (χ4n) is 3.25. The van der Waals surface area contributed by atoms with Gasteiger partial charge in [0.25, 0.3) is 0 Å². The summed E-state index contributed by atoms with van der Waals surface area (Å²) in [6, 6.07) is 12.8. The molecule has 2 aromatic carbocycles. The number of rotatable bonds is 7. The van der Waals surface area contributed by atoms with E-state index in [0.29, 0.717) is 11.5 Å². The first-order valence-electron chi connectivity index (χ1n) is 9.54. The summed E-state index contributed by atoms with van der Waals surface area (Å²) in [5.74, 6) is 0.0926. The SMILES string of the molecule is CC(C)Cn1cc(CNS(=O)(=O)C(C)C)c2cc(F)c(-c3ccccc3)cc21. The quantitative estimate of drug-likeness (QED) is 0.609. The van der Waals surface area contributed by atoms with Crippen molar-refractivity contribution >= 4 is 20.9 Å². The van der Waals surface area contributed by atoms with Crippen LogP contribution >= 0.6 is 0 Å². The van der Waals surface area contributed by atoms with Crippen molar-refractivity contribution in [2.75, 3.05) is 0 Å². The van der Waals surface area contributed by atoms with E-state index in [2.05, 4.69) is 23.1 Å². The van der Waals surface area contributed by atoms with E-state index < -0.39 is 15.3 Å². The summed E-state index contributed by atoms with van der Waals surface area (Å²) in [6.07, 6.45) is 1.93. The smallest absolute Gasteiger partial charge is 0.214 e. The lowest BCUT2D eigenvalue weighted by Crippen LogP contribution is -2.30. The highest BCUT2D eigenvalue weighted by molar-refractivity contribution is 7.90. The third kappa shape index (κ3) is 4.28. The molecule has 3 aromatic rings. The maximum Gasteiger partial charge on any atom is 0.214 e. The van der Waals surface area contributed by atoms with Crippen molar-refractivity contribution < 1.29 is 12.8 Å². The molecule has 0 aliphatic carbocycles. The first-order valence-corrected chi connectivity index (χ1v) is 11.1. The van der Waals surface area contributed by atoms with Gasteiger partial charge in [-0.2, -0.15) is 0 Å². The Bertz CT molecular complexity index is 1070. The summed E-state index contributed by atoms with van der Waals surface area (Å²) in [5, 5.41) is 0.224. The predicted molar refractivity (Wildman–Crippen MR) is 113 cm³/mol. The zero-order valence-corrected chi connectivity index (χ0v) is 17.6. The van der Waals surface area contributed by atoms with Crippen LogP contribution in [0.5, 0.6) is 0 Å². The molecule has 1 aromatic heterocycles. The molecule has 0 spiro atoms. The molecule has 0 saturated heterocycles. The lowest BCUT2D eigenvalue weighted by Gasteiger charge is -2.10. The summed E-state index contributed by atoms with van der Waals surface area (Å²) in [5.41, 5.74) is 3.05. The van der Waals surface area contributed by atoms with E-state index in [1.165, 1.54) is 6.07 Å². The molecule has 0 amide bonds. The van der Waals surface area contributed by atoms with Gasteiger partial charge in [0.15, 0.2) is 0 Å². The zero-order chi connectivity index (χ0) is 20.5. The van der Waals surface area contributed by atoms with Crippen LogP contribution in [0.15, 0.2) is 48.7 Å². The van der Waals surface area contributed by atoms with Crippen LogP contribution in [-0.2, 0) is 23.1 Å². The second-order valence-electron chi connectivity index (χ2n) is 7.83. The first kappa shape index (κ1) is 20.6. The van der Waals surface area contributed by atoms with E-state index in [1.807, 2.05) is 42.6 Å². The van der Waals surface area contributed by atoms with E-state index in [9.17, 15) is 12.8 Å². The average Bonchev–Trinajstić information content (AvgIpc) is 2.96. The standard InChI is InChI=1S/C22H27FN2O2S/c1-15(2)13-25-14-18(12-24-28(26,27)16(3)4)20-10-21(23)19(11-22(20)25)17-8-6-5-7-9-17/h5-11,14-16,24H,12-13H2,1-4H3. The maximum absolute atomic E-state index is 14.9. The summed E-state index contributed by atoms with van der Waals surface area (Å²) in [6.45, 7) is 8.43. The number of aromatic nitrogens is 1. The van der Waals surface area contributed by atoms with Gasteiger partial charge in [-0.05, 0) is 43.0 Å². The van der Waals surface area contributed by atoms with Crippen LogP contribution in [-0.4, -0.2) is 18.2 Å². The largest absolute Gasteiger partial charge is 0.347 e. The predicted octanol–water partition coefficient (Wildman–Crippen LogP) is 4.93. The molecule has 0 fully saturated rings. The highest BCUT2D eigenvalue weighted by Gasteiger charge is 2.18. The van der Waals surface area contributed by atoms with Gasteiger partial charge in [0.1, 0.15) is 5.82 Å². The molecule has 0 saturated carbocycles. The Labute approximate surface area is 166 Å². The molecule has 1 heterocycles. The molecule has 0 unspecified atom stereocenters. The summed E-state index contributed by atoms with van der Waals surface area (Å²) in [7, 11) is -3.39. The van der Waals surface area contributed by atoms with Crippen molar-refractivity contribution in [2.24, 2.45) is 5.92 Å². The molecule has 0 aliphatic heterocycles. The Morgan fingerprint density at radius 2 is 1.75 bits per heavy atom. The Balaban J connectivity index is 2.09. The van der Waals surface area contributed by atoms with E-state index in [-0.39, 0.29) is 12.4 Å². The fourth-order valence-corrected chi connectivity index (χ4v) is 3.94. The summed E-state index contributed by atoms with van der Waals surface area (Å²) in [4.78, 5) is 0. The fraction of sp³-hybridized carbons (Fsp3) is 0.364. The minimum Gasteiger partial charge on any atom is -0.347 e. The van der Waals surface area contributed by atoms with Crippen LogP contribution in [0.3, 0.4) is 0 Å². The van der Waals surface area contributed by atoms with E-state index in [0.717, 1.165) is 28.6 Å². The molecule has 6 heteroatoms. The summed E-state index contributed by atoms with van der Waals surface area (Å²) >= 11 is 0. The van der Waals surface area contributed by atoms with Crippen molar-refractivity contribution in [3.8, 4) is 11.1 Å². The number of hydrogen-bond donors (Lipinski definition) is 1. The maximum atomic E-state index is 14.9. The molecule has 0 radical (unpaired) electrons.